The van der Waals surface area contributed by atoms with Gasteiger partial charge in [0.05, 0.1) is 5.69 Å². The molecule has 17 heavy (non-hydrogen) atoms. The van der Waals surface area contributed by atoms with Crippen molar-refractivity contribution < 1.29 is 9.53 Å². The molecule has 0 atom stereocenters. The molecule has 0 saturated carbocycles. The Balaban J connectivity index is 2.55. The second-order valence-electron chi connectivity index (χ2n) is 4.52. The molecule has 94 valence electrons. The Morgan fingerprint density at radius 3 is 2.88 bits per heavy atom. The molecular weight excluding hydrogens is 236 g/mol. The molecule has 1 amide bonds. The number of allylic oxidation sites excluding steroid dienone is 1. The normalized spacial score (nSPS) is 11.8. The number of hydrogen-bond acceptors (Lipinski definition) is 4. The number of rotatable bonds is 3. The van der Waals surface area contributed by atoms with Crippen LogP contribution < -0.4 is 5.32 Å². The number of nitrogens with one attached hydrogen (secondary N) is 1. The Bertz CT molecular complexity index is 405. The number of carbonyl (C=O) groups excluding carboxylic acids is 1. The van der Waals surface area contributed by atoms with Crippen molar-refractivity contribution in [2.75, 3.05) is 5.32 Å². The summed E-state index contributed by atoms with van der Waals surface area (Å²) in [5, 5.41) is 5.05. The lowest BCUT2D eigenvalue weighted by atomic mass is 10.2. The van der Waals surface area contributed by atoms with E-state index in [0.717, 1.165) is 12.1 Å². The number of carbonyl (C=O) groups is 1. The molecule has 1 heterocycles. The van der Waals surface area contributed by atoms with Crippen molar-refractivity contribution in [3.05, 3.63) is 17.2 Å². The highest BCUT2D eigenvalue weighted by atomic mass is 32.1. The second kappa shape index (κ2) is 5.82. The Morgan fingerprint density at radius 1 is 1.59 bits per heavy atom. The van der Waals surface area contributed by atoms with Crippen LogP contribution >= 0.6 is 11.3 Å². The van der Waals surface area contributed by atoms with E-state index in [-0.39, 0.29) is 0 Å². The molecule has 0 aromatic carbocycles. The maximum atomic E-state index is 11.5. The average Bonchev–Trinajstić information content (AvgIpc) is 2.59. The quantitative estimate of drug-likeness (QED) is 0.889. The second-order valence-corrected chi connectivity index (χ2v) is 5.37. The van der Waals surface area contributed by atoms with Gasteiger partial charge >= 0.3 is 6.09 Å². The van der Waals surface area contributed by atoms with Crippen LogP contribution in [0.2, 0.25) is 0 Å². The fourth-order valence-electron chi connectivity index (χ4n) is 1.05. The van der Waals surface area contributed by atoms with Crippen molar-refractivity contribution >= 4 is 28.6 Å². The van der Waals surface area contributed by atoms with E-state index in [9.17, 15) is 4.79 Å². The maximum Gasteiger partial charge on any atom is 0.413 e. The summed E-state index contributed by atoms with van der Waals surface area (Å²) in [5.41, 5.74) is 0.356. The first-order valence-corrected chi connectivity index (χ1v) is 6.41. The third-order valence-corrected chi connectivity index (χ3v) is 2.43. The number of aromatic nitrogens is 1. The number of amides is 1. The zero-order chi connectivity index (χ0) is 12.9. The summed E-state index contributed by atoms with van der Waals surface area (Å²) in [4.78, 5) is 15.7. The van der Waals surface area contributed by atoms with Crippen LogP contribution in [0.25, 0.3) is 6.08 Å². The molecule has 1 aromatic heterocycles. The summed E-state index contributed by atoms with van der Waals surface area (Å²) in [6.45, 7) is 7.53. The fraction of sp³-hybridized carbons (Fsp3) is 0.500. The first kappa shape index (κ1) is 13.7. The van der Waals surface area contributed by atoms with E-state index >= 15 is 0 Å². The Kier molecular flexibility index (Phi) is 4.69. The van der Waals surface area contributed by atoms with Crippen LogP contribution in [-0.4, -0.2) is 16.7 Å². The predicted molar refractivity (Wildman–Crippen MR) is 71.3 cm³/mol. The van der Waals surface area contributed by atoms with Crippen molar-refractivity contribution in [2.24, 2.45) is 0 Å². The summed E-state index contributed by atoms with van der Waals surface area (Å²) in [6.07, 6.45) is 4.44. The molecule has 4 nitrogen and oxygen atoms in total. The highest BCUT2D eigenvalue weighted by Gasteiger charge is 2.16. The van der Waals surface area contributed by atoms with E-state index in [1.54, 1.807) is 0 Å². The van der Waals surface area contributed by atoms with E-state index < -0.39 is 11.7 Å². The lowest BCUT2D eigenvalue weighted by molar-refractivity contribution is 0.0636. The van der Waals surface area contributed by atoms with E-state index in [4.69, 9.17) is 4.74 Å². The SMILES string of the molecule is CC/C=C/c1csc(NC(=O)OC(C)(C)C)n1. The van der Waals surface area contributed by atoms with E-state index in [1.165, 1.54) is 11.3 Å². The lowest BCUT2D eigenvalue weighted by Crippen LogP contribution is -2.27. The number of thiazole rings is 1. The minimum atomic E-state index is -0.494. The molecule has 1 N–H and O–H groups in total. The largest absolute Gasteiger partial charge is 0.444 e. The summed E-state index contributed by atoms with van der Waals surface area (Å²) < 4.78 is 5.13. The fourth-order valence-corrected chi connectivity index (χ4v) is 1.71. The van der Waals surface area contributed by atoms with Crippen LogP contribution in [0.5, 0.6) is 0 Å². The van der Waals surface area contributed by atoms with Gasteiger partial charge in [0.15, 0.2) is 5.13 Å². The Labute approximate surface area is 106 Å². The third kappa shape index (κ3) is 5.49. The van der Waals surface area contributed by atoms with Crippen LogP contribution in [0.4, 0.5) is 9.93 Å². The zero-order valence-corrected chi connectivity index (χ0v) is 11.4. The molecule has 0 spiro atoms. The van der Waals surface area contributed by atoms with Crippen LogP contribution in [0.15, 0.2) is 11.5 Å². The molecule has 0 unspecified atom stereocenters. The minimum absolute atomic E-state index is 0.474. The van der Waals surface area contributed by atoms with Crippen molar-refractivity contribution in [3.8, 4) is 0 Å². The van der Waals surface area contributed by atoms with Crippen molar-refractivity contribution in [3.63, 3.8) is 0 Å². The average molecular weight is 254 g/mol. The first-order valence-electron chi connectivity index (χ1n) is 5.53. The van der Waals surface area contributed by atoms with Crippen molar-refractivity contribution in [2.45, 2.75) is 39.7 Å². The number of hydrogen-bond donors (Lipinski definition) is 1. The van der Waals surface area contributed by atoms with Gasteiger partial charge in [0, 0.05) is 5.38 Å². The van der Waals surface area contributed by atoms with E-state index in [0.29, 0.717) is 5.13 Å². The zero-order valence-electron chi connectivity index (χ0n) is 10.6. The third-order valence-electron chi connectivity index (χ3n) is 1.65. The van der Waals surface area contributed by atoms with Gasteiger partial charge in [0.1, 0.15) is 5.60 Å². The van der Waals surface area contributed by atoms with E-state index in [1.807, 2.05) is 38.3 Å². The number of nitrogens with zero attached hydrogens (tertiary/aromatic N) is 1. The molecule has 0 saturated heterocycles. The van der Waals surface area contributed by atoms with Crippen LogP contribution in [0, 0.1) is 0 Å². The van der Waals surface area contributed by atoms with Gasteiger partial charge in [-0.15, -0.1) is 11.3 Å². The van der Waals surface area contributed by atoms with Crippen molar-refractivity contribution in [1.29, 1.82) is 0 Å². The molecule has 0 fully saturated rings. The molecule has 0 bridgehead atoms. The van der Waals surface area contributed by atoms with Gasteiger partial charge in [0.25, 0.3) is 0 Å². The Morgan fingerprint density at radius 2 is 2.29 bits per heavy atom. The number of ether oxygens (including phenoxy) is 1. The van der Waals surface area contributed by atoms with Gasteiger partial charge < -0.3 is 4.74 Å². The maximum absolute atomic E-state index is 11.5. The van der Waals surface area contributed by atoms with Crippen LogP contribution in [-0.2, 0) is 4.74 Å². The standard InChI is InChI=1S/C12H18N2O2S/c1-5-6-7-9-8-17-10(13-9)14-11(15)16-12(2,3)4/h6-8H,5H2,1-4H3,(H,13,14,15)/b7-6+. The predicted octanol–water partition coefficient (Wildman–Crippen LogP) is 3.91. The first-order chi connectivity index (χ1) is 7.90. The topological polar surface area (TPSA) is 51.2 Å². The van der Waals surface area contributed by atoms with Gasteiger partial charge in [-0.1, -0.05) is 13.0 Å². The molecule has 0 aliphatic carbocycles. The van der Waals surface area contributed by atoms with Gasteiger partial charge in [-0.05, 0) is 33.3 Å². The highest BCUT2D eigenvalue weighted by molar-refractivity contribution is 7.14. The summed E-state index contributed by atoms with van der Waals surface area (Å²) in [5.74, 6) is 0. The molecule has 0 aliphatic heterocycles. The van der Waals surface area contributed by atoms with Crippen LogP contribution in [0.1, 0.15) is 39.8 Å². The van der Waals surface area contributed by atoms with Crippen LogP contribution in [0.3, 0.4) is 0 Å². The van der Waals surface area contributed by atoms with Gasteiger partial charge in [-0.25, -0.2) is 9.78 Å². The lowest BCUT2D eigenvalue weighted by Gasteiger charge is -2.18. The summed E-state index contributed by atoms with van der Waals surface area (Å²) in [7, 11) is 0. The smallest absolute Gasteiger partial charge is 0.413 e. The molecule has 5 heteroatoms. The molecular formula is C12H18N2O2S. The van der Waals surface area contributed by atoms with Gasteiger partial charge in [-0.2, -0.15) is 0 Å². The van der Waals surface area contributed by atoms with Gasteiger partial charge in [-0.3, -0.25) is 5.32 Å². The number of anilines is 1. The molecule has 0 aliphatic rings. The van der Waals surface area contributed by atoms with Crippen molar-refractivity contribution in [1.82, 2.24) is 4.98 Å². The Hall–Kier alpha value is -1.36. The molecule has 0 radical (unpaired) electrons. The summed E-state index contributed by atoms with van der Waals surface area (Å²) in [6, 6.07) is 0. The molecule has 1 aromatic rings. The monoisotopic (exact) mass is 254 g/mol. The van der Waals surface area contributed by atoms with Gasteiger partial charge in [0.2, 0.25) is 0 Å². The summed E-state index contributed by atoms with van der Waals surface area (Å²) >= 11 is 1.38. The highest BCUT2D eigenvalue weighted by Crippen LogP contribution is 2.18. The molecule has 1 rings (SSSR count). The minimum Gasteiger partial charge on any atom is -0.444 e. The van der Waals surface area contributed by atoms with E-state index in [2.05, 4.69) is 17.2 Å².